The molecule has 280 valence electrons. The number of nitrogens with zero attached hydrogens (tertiary/aromatic N) is 2. The number of hydrogen-bond acceptors (Lipinski definition) is 11. The number of carboxylic acid groups (broad SMARTS) is 1. The highest BCUT2D eigenvalue weighted by Gasteiger charge is 2.41. The molecule has 5 amide bonds. The molecule has 0 aromatic heterocycles. The third kappa shape index (κ3) is 14.1. The van der Waals surface area contributed by atoms with Gasteiger partial charge in [0, 0.05) is 13.1 Å². The Bertz CT molecular complexity index is 1160. The van der Waals surface area contributed by atoms with Crippen LogP contribution in [0.3, 0.4) is 0 Å². The Balaban J connectivity index is 3.18. The maximum absolute atomic E-state index is 13.6. The fraction of sp³-hybridized carbons (Fsp3) is 0.767. The maximum Gasteiger partial charge on any atom is 0.328 e. The SMILES string of the molecule is CC(C)C(NC(=O)C(CCCN=C(N)N)NC(=O)C1CCCN1C(=O)C(NC(=O)C(N)CCCCN)C(C)O)C(=O)NC(C(=O)O)C(C)O. The highest BCUT2D eigenvalue weighted by molar-refractivity contribution is 5.96. The van der Waals surface area contributed by atoms with Crippen molar-refractivity contribution >= 4 is 41.5 Å². The number of carbonyl (C=O) groups excluding carboxylic acids is 5. The van der Waals surface area contributed by atoms with E-state index in [2.05, 4.69) is 26.3 Å². The lowest BCUT2D eigenvalue weighted by Gasteiger charge is -2.31. The van der Waals surface area contributed by atoms with Gasteiger partial charge in [-0.25, -0.2) is 4.79 Å². The average molecular weight is 701 g/mol. The first-order valence-corrected chi connectivity index (χ1v) is 16.5. The first-order chi connectivity index (χ1) is 22.9. The summed E-state index contributed by atoms with van der Waals surface area (Å²) in [4.78, 5) is 83.1. The minimum atomic E-state index is -1.63. The number of nitrogens with one attached hydrogen (secondary N) is 4. The fourth-order valence-electron chi connectivity index (χ4n) is 5.23. The molecule has 1 aliphatic rings. The third-order valence-electron chi connectivity index (χ3n) is 8.06. The predicted molar refractivity (Wildman–Crippen MR) is 179 cm³/mol. The summed E-state index contributed by atoms with van der Waals surface area (Å²) in [5, 5.41) is 39.5. The van der Waals surface area contributed by atoms with E-state index in [1.54, 1.807) is 13.8 Å². The number of rotatable bonds is 21. The average Bonchev–Trinajstić information content (AvgIpc) is 3.51. The van der Waals surface area contributed by atoms with E-state index in [1.807, 2.05) is 0 Å². The van der Waals surface area contributed by atoms with E-state index in [4.69, 9.17) is 22.9 Å². The fourth-order valence-corrected chi connectivity index (χ4v) is 5.23. The molecule has 8 atom stereocenters. The molecule has 0 radical (unpaired) electrons. The Labute approximate surface area is 286 Å². The van der Waals surface area contributed by atoms with Crippen molar-refractivity contribution in [3.05, 3.63) is 0 Å². The normalized spacial score (nSPS) is 18.6. The van der Waals surface area contributed by atoms with Gasteiger partial charge in [0.1, 0.15) is 24.2 Å². The van der Waals surface area contributed by atoms with Crippen LogP contribution in [0.5, 0.6) is 0 Å². The molecule has 1 fully saturated rings. The molecule has 19 heteroatoms. The van der Waals surface area contributed by atoms with Crippen molar-refractivity contribution in [2.45, 2.75) is 121 Å². The summed E-state index contributed by atoms with van der Waals surface area (Å²) in [6, 6.07) is -7.49. The van der Waals surface area contributed by atoms with Crippen molar-refractivity contribution in [3.63, 3.8) is 0 Å². The monoisotopic (exact) mass is 700 g/mol. The highest BCUT2D eigenvalue weighted by Crippen LogP contribution is 2.20. The minimum Gasteiger partial charge on any atom is -0.480 e. The number of carboxylic acids is 1. The Kier molecular flexibility index (Phi) is 18.5. The summed E-state index contributed by atoms with van der Waals surface area (Å²) in [6.07, 6.45) is -0.263. The van der Waals surface area contributed by atoms with Gasteiger partial charge in [-0.05, 0) is 64.8 Å². The van der Waals surface area contributed by atoms with E-state index in [-0.39, 0.29) is 38.3 Å². The van der Waals surface area contributed by atoms with E-state index in [1.165, 1.54) is 18.7 Å². The van der Waals surface area contributed by atoms with E-state index >= 15 is 0 Å². The largest absolute Gasteiger partial charge is 0.480 e. The number of aliphatic hydroxyl groups is 2. The highest BCUT2D eigenvalue weighted by atomic mass is 16.4. The van der Waals surface area contributed by atoms with E-state index in [9.17, 15) is 44.1 Å². The van der Waals surface area contributed by atoms with Crippen LogP contribution in [-0.4, -0.2) is 130 Å². The molecule has 0 saturated carbocycles. The Morgan fingerprint density at radius 3 is 1.94 bits per heavy atom. The lowest BCUT2D eigenvalue weighted by molar-refractivity contribution is -0.145. The van der Waals surface area contributed by atoms with Gasteiger partial charge in [0.2, 0.25) is 29.5 Å². The van der Waals surface area contributed by atoms with Gasteiger partial charge in [-0.15, -0.1) is 0 Å². The second-order valence-corrected chi connectivity index (χ2v) is 12.6. The number of carbonyl (C=O) groups is 6. The second-order valence-electron chi connectivity index (χ2n) is 12.6. The van der Waals surface area contributed by atoms with Crippen LogP contribution in [0.2, 0.25) is 0 Å². The first kappa shape index (κ1) is 43.0. The number of amides is 5. The molecule has 1 rings (SSSR count). The number of aliphatic imine (C=N–C) groups is 1. The minimum absolute atomic E-state index is 0.0152. The number of aliphatic hydroxyl groups excluding tert-OH is 2. The number of nitrogens with two attached hydrogens (primary N) is 4. The standard InChI is InChI=1S/C30H56N10O9/c1-15(2)21(27(46)39-23(17(4)42)29(48)49)37-25(44)19(10-7-13-35-30(33)34)36-26(45)20-11-8-14-40(20)28(47)22(16(3)41)38-24(43)18(32)9-5-6-12-31/h15-23,41-42H,5-14,31-32H2,1-4H3,(H,36,45)(H,37,44)(H,38,43)(H,39,46)(H,48,49)(H4,33,34,35). The summed E-state index contributed by atoms with van der Waals surface area (Å²) in [6.45, 7) is 6.44. The van der Waals surface area contributed by atoms with Crippen LogP contribution < -0.4 is 44.2 Å². The second kappa shape index (κ2) is 21.1. The molecule has 0 bridgehead atoms. The molecule has 0 aliphatic carbocycles. The molecule has 0 aromatic carbocycles. The van der Waals surface area contributed by atoms with Crippen molar-refractivity contribution < 1.29 is 44.1 Å². The lowest BCUT2D eigenvalue weighted by atomic mass is 10.0. The quantitative estimate of drug-likeness (QED) is 0.0309. The summed E-state index contributed by atoms with van der Waals surface area (Å²) < 4.78 is 0. The van der Waals surface area contributed by atoms with Crippen LogP contribution >= 0.6 is 0 Å². The summed E-state index contributed by atoms with van der Waals surface area (Å²) in [5.74, 6) is -5.84. The Hall–Kier alpha value is -4.07. The zero-order chi connectivity index (χ0) is 37.4. The van der Waals surface area contributed by atoms with Crippen LogP contribution in [0.1, 0.15) is 72.6 Å². The van der Waals surface area contributed by atoms with E-state index < -0.39 is 89.9 Å². The molecule has 1 aliphatic heterocycles. The zero-order valence-corrected chi connectivity index (χ0v) is 28.8. The third-order valence-corrected chi connectivity index (χ3v) is 8.06. The molecular formula is C30H56N10O9. The first-order valence-electron chi connectivity index (χ1n) is 16.5. The molecule has 15 N–H and O–H groups in total. The van der Waals surface area contributed by atoms with Crippen molar-refractivity contribution in [3.8, 4) is 0 Å². The van der Waals surface area contributed by atoms with Gasteiger partial charge in [-0.3, -0.25) is 29.0 Å². The van der Waals surface area contributed by atoms with Crippen LogP contribution in [0.4, 0.5) is 0 Å². The Morgan fingerprint density at radius 1 is 0.816 bits per heavy atom. The molecule has 1 heterocycles. The molecular weight excluding hydrogens is 644 g/mol. The van der Waals surface area contributed by atoms with Crippen molar-refractivity contribution in [1.82, 2.24) is 26.2 Å². The number of likely N-dealkylation sites (tertiary alicyclic amines) is 1. The number of aliphatic carboxylic acids is 1. The van der Waals surface area contributed by atoms with Gasteiger partial charge < -0.3 is 64.4 Å². The van der Waals surface area contributed by atoms with Crippen LogP contribution in [0.15, 0.2) is 4.99 Å². The van der Waals surface area contributed by atoms with Crippen LogP contribution in [0.25, 0.3) is 0 Å². The van der Waals surface area contributed by atoms with Crippen LogP contribution in [-0.2, 0) is 28.8 Å². The zero-order valence-electron chi connectivity index (χ0n) is 28.8. The van der Waals surface area contributed by atoms with Gasteiger partial charge in [0.15, 0.2) is 12.0 Å². The Morgan fingerprint density at radius 2 is 1.41 bits per heavy atom. The van der Waals surface area contributed by atoms with Crippen molar-refractivity contribution in [1.29, 1.82) is 0 Å². The van der Waals surface area contributed by atoms with Gasteiger partial charge in [0.05, 0.1) is 18.2 Å². The molecule has 0 spiro atoms. The van der Waals surface area contributed by atoms with Crippen molar-refractivity contribution in [2.24, 2.45) is 33.8 Å². The van der Waals surface area contributed by atoms with Gasteiger partial charge in [0.25, 0.3) is 0 Å². The predicted octanol–water partition coefficient (Wildman–Crippen LogP) is -4.07. The number of hydrogen-bond donors (Lipinski definition) is 11. The summed E-state index contributed by atoms with van der Waals surface area (Å²) in [7, 11) is 0. The molecule has 8 unspecified atom stereocenters. The van der Waals surface area contributed by atoms with E-state index in [0.29, 0.717) is 32.2 Å². The van der Waals surface area contributed by atoms with Crippen molar-refractivity contribution in [2.75, 3.05) is 19.6 Å². The number of guanidine groups is 1. The lowest BCUT2D eigenvalue weighted by Crippen LogP contribution is -2.61. The topological polar surface area (TPSA) is 331 Å². The molecule has 0 aromatic rings. The van der Waals surface area contributed by atoms with Gasteiger partial charge in [-0.2, -0.15) is 0 Å². The molecule has 1 saturated heterocycles. The molecule has 19 nitrogen and oxygen atoms in total. The van der Waals surface area contributed by atoms with E-state index in [0.717, 1.165) is 0 Å². The van der Waals surface area contributed by atoms with Gasteiger partial charge >= 0.3 is 5.97 Å². The van der Waals surface area contributed by atoms with Crippen LogP contribution in [0, 0.1) is 5.92 Å². The molecule has 49 heavy (non-hydrogen) atoms. The van der Waals surface area contributed by atoms with Gasteiger partial charge in [-0.1, -0.05) is 20.3 Å². The maximum atomic E-state index is 13.6. The number of unbranched alkanes of at least 4 members (excludes halogenated alkanes) is 1. The summed E-state index contributed by atoms with van der Waals surface area (Å²) in [5.41, 5.74) is 22.2. The smallest absolute Gasteiger partial charge is 0.328 e. The summed E-state index contributed by atoms with van der Waals surface area (Å²) >= 11 is 0.